The fourth-order valence-electron chi connectivity index (χ4n) is 1.90. The van der Waals surface area contributed by atoms with Gasteiger partial charge >= 0.3 is 6.18 Å². The van der Waals surface area contributed by atoms with Crippen LogP contribution < -0.4 is 10.6 Å². The Labute approximate surface area is 132 Å². The van der Waals surface area contributed by atoms with Gasteiger partial charge in [0.1, 0.15) is 11.5 Å². The third-order valence-corrected chi connectivity index (χ3v) is 4.42. The zero-order valence-electron chi connectivity index (χ0n) is 11.1. The lowest BCUT2D eigenvalue weighted by molar-refractivity contribution is -0.141. The average molecular weight is 380 g/mol. The summed E-state index contributed by atoms with van der Waals surface area (Å²) >= 11 is 4.88. The standard InChI is InChI=1S/C13H13BrF3N3S/c1-20(6-8-4-11(14)21-7-8)12-9(5-18)2-3-10(19-12)13(15,16)17/h2-4,7H,5-6,18H2,1H3. The second kappa shape index (κ2) is 6.33. The average Bonchev–Trinajstić information content (AvgIpc) is 2.82. The van der Waals surface area contributed by atoms with Crippen molar-refractivity contribution in [3.63, 3.8) is 0 Å². The SMILES string of the molecule is CN(Cc1csc(Br)c1)c1nc(C(F)(F)F)ccc1CN. The minimum absolute atomic E-state index is 0.137. The van der Waals surface area contributed by atoms with Crippen molar-refractivity contribution in [3.8, 4) is 0 Å². The molecule has 2 aromatic rings. The monoisotopic (exact) mass is 379 g/mol. The normalized spacial score (nSPS) is 11.7. The van der Waals surface area contributed by atoms with Gasteiger partial charge in [0, 0.05) is 25.7 Å². The van der Waals surface area contributed by atoms with Gasteiger partial charge in [-0.2, -0.15) is 13.2 Å². The van der Waals surface area contributed by atoms with Crippen LogP contribution in [0, 0.1) is 0 Å². The second-order valence-electron chi connectivity index (χ2n) is 4.50. The first kappa shape index (κ1) is 16.3. The van der Waals surface area contributed by atoms with E-state index in [0.29, 0.717) is 12.1 Å². The molecule has 2 rings (SSSR count). The number of anilines is 1. The maximum Gasteiger partial charge on any atom is 0.433 e. The molecular weight excluding hydrogens is 367 g/mol. The van der Waals surface area contributed by atoms with Crippen molar-refractivity contribution in [1.29, 1.82) is 0 Å². The van der Waals surface area contributed by atoms with E-state index >= 15 is 0 Å². The molecule has 0 spiro atoms. The molecule has 8 heteroatoms. The lowest BCUT2D eigenvalue weighted by Crippen LogP contribution is -2.22. The summed E-state index contributed by atoms with van der Waals surface area (Å²) in [6.45, 7) is 0.599. The first-order valence-electron chi connectivity index (χ1n) is 6.02. The number of thiophene rings is 1. The minimum atomic E-state index is -4.46. The Kier molecular flexibility index (Phi) is 4.90. The predicted octanol–water partition coefficient (Wildman–Crippen LogP) is 4.02. The molecule has 0 unspecified atom stereocenters. The van der Waals surface area contributed by atoms with Crippen LogP contribution in [-0.4, -0.2) is 12.0 Å². The molecule has 2 aromatic heterocycles. The van der Waals surface area contributed by atoms with E-state index in [1.165, 1.54) is 17.4 Å². The summed E-state index contributed by atoms with van der Waals surface area (Å²) < 4.78 is 39.3. The van der Waals surface area contributed by atoms with Crippen molar-refractivity contribution < 1.29 is 13.2 Å². The Balaban J connectivity index is 2.31. The number of rotatable bonds is 4. The molecule has 0 aliphatic carbocycles. The largest absolute Gasteiger partial charge is 0.433 e. The van der Waals surface area contributed by atoms with Gasteiger partial charge in [-0.1, -0.05) is 6.07 Å². The maximum absolute atomic E-state index is 12.8. The Morgan fingerprint density at radius 2 is 2.10 bits per heavy atom. The molecule has 2 heterocycles. The molecule has 0 amide bonds. The smallest absolute Gasteiger partial charge is 0.355 e. The summed E-state index contributed by atoms with van der Waals surface area (Å²) in [5.41, 5.74) is 6.26. The quantitative estimate of drug-likeness (QED) is 0.871. The van der Waals surface area contributed by atoms with Gasteiger partial charge < -0.3 is 10.6 Å². The summed E-state index contributed by atoms with van der Waals surface area (Å²) in [6.07, 6.45) is -4.46. The van der Waals surface area contributed by atoms with Gasteiger partial charge in [0.05, 0.1) is 3.79 Å². The highest BCUT2D eigenvalue weighted by Crippen LogP contribution is 2.31. The zero-order valence-corrected chi connectivity index (χ0v) is 13.5. The van der Waals surface area contributed by atoms with Gasteiger partial charge in [-0.15, -0.1) is 11.3 Å². The molecule has 0 aliphatic rings. The molecule has 0 aromatic carbocycles. The van der Waals surface area contributed by atoms with Crippen molar-refractivity contribution >= 4 is 33.1 Å². The zero-order chi connectivity index (χ0) is 15.6. The Morgan fingerprint density at radius 3 is 2.62 bits per heavy atom. The van der Waals surface area contributed by atoms with E-state index in [2.05, 4.69) is 20.9 Å². The van der Waals surface area contributed by atoms with E-state index in [-0.39, 0.29) is 12.4 Å². The van der Waals surface area contributed by atoms with Crippen molar-refractivity contribution in [2.75, 3.05) is 11.9 Å². The highest BCUT2D eigenvalue weighted by Gasteiger charge is 2.33. The molecule has 0 radical (unpaired) electrons. The molecule has 3 nitrogen and oxygen atoms in total. The number of hydrogen-bond acceptors (Lipinski definition) is 4. The van der Waals surface area contributed by atoms with Gasteiger partial charge in [0.15, 0.2) is 0 Å². The molecule has 114 valence electrons. The summed E-state index contributed by atoms with van der Waals surface area (Å²) in [6, 6.07) is 4.27. The first-order chi connectivity index (χ1) is 9.81. The van der Waals surface area contributed by atoms with Gasteiger partial charge in [0.2, 0.25) is 0 Å². The molecule has 2 N–H and O–H groups in total. The van der Waals surface area contributed by atoms with Gasteiger partial charge in [0.25, 0.3) is 0 Å². The molecule has 21 heavy (non-hydrogen) atoms. The lowest BCUT2D eigenvalue weighted by atomic mass is 10.2. The Morgan fingerprint density at radius 1 is 1.38 bits per heavy atom. The molecular formula is C13H13BrF3N3S. The molecule has 0 bridgehead atoms. The van der Waals surface area contributed by atoms with Gasteiger partial charge in [-0.25, -0.2) is 4.98 Å². The number of halogens is 4. The van der Waals surface area contributed by atoms with Crippen molar-refractivity contribution in [1.82, 2.24) is 4.98 Å². The highest BCUT2D eigenvalue weighted by molar-refractivity contribution is 9.11. The van der Waals surface area contributed by atoms with Crippen LogP contribution in [0.25, 0.3) is 0 Å². The molecule has 0 saturated carbocycles. The molecule has 0 atom stereocenters. The van der Waals surface area contributed by atoms with E-state index in [4.69, 9.17) is 5.73 Å². The van der Waals surface area contributed by atoms with Gasteiger partial charge in [-0.3, -0.25) is 0 Å². The number of hydrogen-bond donors (Lipinski definition) is 1. The van der Waals surface area contributed by atoms with Crippen LogP contribution in [0.4, 0.5) is 19.0 Å². The summed E-state index contributed by atoms with van der Waals surface area (Å²) in [5.74, 6) is 0.259. The van der Waals surface area contributed by atoms with Crippen molar-refractivity contribution in [2.24, 2.45) is 5.73 Å². The number of nitrogens with zero attached hydrogens (tertiary/aromatic N) is 2. The van der Waals surface area contributed by atoms with Crippen LogP contribution >= 0.6 is 27.3 Å². The van der Waals surface area contributed by atoms with Crippen molar-refractivity contribution in [3.05, 3.63) is 44.2 Å². The van der Waals surface area contributed by atoms with Crippen LogP contribution in [0.3, 0.4) is 0 Å². The third-order valence-electron chi connectivity index (χ3n) is 2.87. The van der Waals surface area contributed by atoms with Crippen LogP contribution in [0.15, 0.2) is 27.4 Å². The van der Waals surface area contributed by atoms with Gasteiger partial charge in [-0.05, 0) is 39.0 Å². The van der Waals surface area contributed by atoms with E-state index < -0.39 is 11.9 Å². The van der Waals surface area contributed by atoms with E-state index in [0.717, 1.165) is 15.4 Å². The minimum Gasteiger partial charge on any atom is -0.355 e. The lowest BCUT2D eigenvalue weighted by Gasteiger charge is -2.21. The Bertz CT molecular complexity index is 627. The number of alkyl halides is 3. The van der Waals surface area contributed by atoms with E-state index in [1.807, 2.05) is 11.4 Å². The molecule has 0 aliphatic heterocycles. The van der Waals surface area contributed by atoms with Crippen LogP contribution in [-0.2, 0) is 19.3 Å². The van der Waals surface area contributed by atoms with Crippen LogP contribution in [0.2, 0.25) is 0 Å². The van der Waals surface area contributed by atoms with Crippen LogP contribution in [0.1, 0.15) is 16.8 Å². The number of nitrogens with two attached hydrogens (primary N) is 1. The second-order valence-corrected chi connectivity index (χ2v) is 6.79. The number of pyridine rings is 1. The van der Waals surface area contributed by atoms with Crippen LogP contribution in [0.5, 0.6) is 0 Å². The first-order valence-corrected chi connectivity index (χ1v) is 7.69. The number of aromatic nitrogens is 1. The third kappa shape index (κ3) is 3.96. The summed E-state index contributed by atoms with van der Waals surface area (Å²) in [4.78, 5) is 5.40. The highest BCUT2D eigenvalue weighted by atomic mass is 79.9. The fourth-order valence-corrected chi connectivity index (χ4v) is 3.10. The topological polar surface area (TPSA) is 42.2 Å². The molecule has 0 saturated heterocycles. The van der Waals surface area contributed by atoms with E-state index in [9.17, 15) is 13.2 Å². The fraction of sp³-hybridized carbons (Fsp3) is 0.308. The summed E-state index contributed by atoms with van der Waals surface area (Å²) in [7, 11) is 1.70. The predicted molar refractivity (Wildman–Crippen MR) is 81.3 cm³/mol. The van der Waals surface area contributed by atoms with E-state index in [1.54, 1.807) is 11.9 Å². The maximum atomic E-state index is 12.8. The molecule has 0 fully saturated rings. The van der Waals surface area contributed by atoms with Crippen molar-refractivity contribution in [2.45, 2.75) is 19.3 Å². The Hall–Kier alpha value is -1.12. The summed E-state index contributed by atoms with van der Waals surface area (Å²) in [5, 5.41) is 1.94.